The molecule has 0 aromatic heterocycles. The van der Waals surface area contributed by atoms with Crippen LogP contribution in [-0.2, 0) is 0 Å². The van der Waals surface area contributed by atoms with Gasteiger partial charge in [0.25, 0.3) is 0 Å². The SMILES string of the molecule is CN1CC[C@@H]2CCNCC[C@H]21. The van der Waals surface area contributed by atoms with Crippen LogP contribution in [0.25, 0.3) is 0 Å². The molecule has 0 aromatic rings. The predicted molar refractivity (Wildman–Crippen MR) is 46.6 cm³/mol. The molecule has 0 spiro atoms. The van der Waals surface area contributed by atoms with E-state index in [9.17, 15) is 0 Å². The first-order valence-electron chi connectivity index (χ1n) is 4.79. The molecule has 1 N–H and O–H groups in total. The first-order chi connectivity index (χ1) is 5.38. The molecule has 0 aromatic carbocycles. The lowest BCUT2D eigenvalue weighted by molar-refractivity contribution is 0.264. The van der Waals surface area contributed by atoms with Gasteiger partial charge in [-0.25, -0.2) is 0 Å². The van der Waals surface area contributed by atoms with Crippen LogP contribution in [0.4, 0.5) is 0 Å². The van der Waals surface area contributed by atoms with E-state index in [1.165, 1.54) is 38.9 Å². The van der Waals surface area contributed by atoms with Gasteiger partial charge in [-0.1, -0.05) is 0 Å². The Bertz CT molecular complexity index is 136. The lowest BCUT2D eigenvalue weighted by Gasteiger charge is -2.21. The van der Waals surface area contributed by atoms with Crippen LogP contribution in [0.15, 0.2) is 0 Å². The zero-order chi connectivity index (χ0) is 7.68. The molecule has 2 aliphatic heterocycles. The third-order valence-corrected chi connectivity index (χ3v) is 3.27. The van der Waals surface area contributed by atoms with Crippen molar-refractivity contribution < 1.29 is 0 Å². The van der Waals surface area contributed by atoms with E-state index in [4.69, 9.17) is 0 Å². The zero-order valence-electron chi connectivity index (χ0n) is 7.34. The highest BCUT2D eigenvalue weighted by Gasteiger charge is 2.31. The molecule has 2 rings (SSSR count). The summed E-state index contributed by atoms with van der Waals surface area (Å²) < 4.78 is 0. The maximum Gasteiger partial charge on any atom is 0.0133 e. The van der Waals surface area contributed by atoms with E-state index in [0.717, 1.165) is 12.0 Å². The second-order valence-electron chi connectivity index (χ2n) is 3.92. The van der Waals surface area contributed by atoms with E-state index in [-0.39, 0.29) is 0 Å². The van der Waals surface area contributed by atoms with Gasteiger partial charge in [-0.3, -0.25) is 0 Å². The fourth-order valence-electron chi connectivity index (χ4n) is 2.54. The number of likely N-dealkylation sites (tertiary alicyclic amines) is 1. The highest BCUT2D eigenvalue weighted by molar-refractivity contribution is 4.87. The minimum absolute atomic E-state index is 0.894. The van der Waals surface area contributed by atoms with Gasteiger partial charge in [-0.05, 0) is 51.9 Å². The minimum Gasteiger partial charge on any atom is -0.317 e. The molecule has 2 heterocycles. The van der Waals surface area contributed by atoms with Crippen LogP contribution in [0.5, 0.6) is 0 Å². The molecule has 64 valence electrons. The van der Waals surface area contributed by atoms with Crippen LogP contribution in [0.1, 0.15) is 19.3 Å². The van der Waals surface area contributed by atoms with Crippen LogP contribution in [0, 0.1) is 5.92 Å². The first-order valence-corrected chi connectivity index (χ1v) is 4.79. The molecular formula is C9H18N2. The van der Waals surface area contributed by atoms with E-state index < -0.39 is 0 Å². The third-order valence-electron chi connectivity index (χ3n) is 3.27. The van der Waals surface area contributed by atoms with Gasteiger partial charge >= 0.3 is 0 Å². The molecule has 0 aliphatic carbocycles. The number of hydrogen-bond donors (Lipinski definition) is 1. The summed E-state index contributed by atoms with van der Waals surface area (Å²) >= 11 is 0. The van der Waals surface area contributed by atoms with Crippen molar-refractivity contribution in [3.05, 3.63) is 0 Å². The van der Waals surface area contributed by atoms with E-state index in [0.29, 0.717) is 0 Å². The van der Waals surface area contributed by atoms with Crippen molar-refractivity contribution in [1.29, 1.82) is 0 Å². The highest BCUT2D eigenvalue weighted by atomic mass is 15.2. The summed E-state index contributed by atoms with van der Waals surface area (Å²) in [5, 5.41) is 3.47. The molecule has 2 heteroatoms. The van der Waals surface area contributed by atoms with Crippen molar-refractivity contribution >= 4 is 0 Å². The molecule has 0 bridgehead atoms. The molecule has 0 amide bonds. The molecule has 0 saturated carbocycles. The van der Waals surface area contributed by atoms with Crippen molar-refractivity contribution in [2.45, 2.75) is 25.3 Å². The fourth-order valence-corrected chi connectivity index (χ4v) is 2.54. The van der Waals surface area contributed by atoms with Crippen molar-refractivity contribution in [3.8, 4) is 0 Å². The fraction of sp³-hybridized carbons (Fsp3) is 1.00. The van der Waals surface area contributed by atoms with Gasteiger partial charge in [0.15, 0.2) is 0 Å². The summed E-state index contributed by atoms with van der Waals surface area (Å²) in [6.45, 7) is 3.80. The molecule has 2 fully saturated rings. The molecule has 2 nitrogen and oxygen atoms in total. The van der Waals surface area contributed by atoms with Gasteiger partial charge in [-0.2, -0.15) is 0 Å². The Morgan fingerprint density at radius 2 is 2.00 bits per heavy atom. The first kappa shape index (κ1) is 7.56. The standard InChI is InChI=1S/C9H18N2/c1-11-7-4-8-2-5-10-6-3-9(8)11/h8-10H,2-7H2,1H3/t8-,9+/m0/s1. The monoisotopic (exact) mass is 154 g/mol. The van der Waals surface area contributed by atoms with Crippen LogP contribution in [0.3, 0.4) is 0 Å². The van der Waals surface area contributed by atoms with Gasteiger partial charge in [0.2, 0.25) is 0 Å². The molecular weight excluding hydrogens is 136 g/mol. The Balaban J connectivity index is 2.00. The van der Waals surface area contributed by atoms with E-state index in [1.54, 1.807) is 0 Å². The minimum atomic E-state index is 0.894. The lowest BCUT2D eigenvalue weighted by Crippen LogP contribution is -2.29. The smallest absolute Gasteiger partial charge is 0.0133 e. The average Bonchev–Trinajstić information content (AvgIpc) is 2.25. The Labute approximate surface area is 69.0 Å². The third kappa shape index (κ3) is 1.42. The van der Waals surface area contributed by atoms with Crippen molar-refractivity contribution in [2.75, 3.05) is 26.7 Å². The van der Waals surface area contributed by atoms with Gasteiger partial charge in [0, 0.05) is 6.04 Å². The summed E-state index contributed by atoms with van der Waals surface area (Å²) in [6, 6.07) is 0.894. The molecule has 11 heavy (non-hydrogen) atoms. The zero-order valence-corrected chi connectivity index (χ0v) is 7.34. The summed E-state index contributed by atoms with van der Waals surface area (Å²) in [7, 11) is 2.27. The van der Waals surface area contributed by atoms with Crippen molar-refractivity contribution in [3.63, 3.8) is 0 Å². The van der Waals surface area contributed by atoms with E-state index in [2.05, 4.69) is 17.3 Å². The highest BCUT2D eigenvalue weighted by Crippen LogP contribution is 2.28. The molecule has 2 aliphatic rings. The predicted octanol–water partition coefficient (Wildman–Crippen LogP) is 0.690. The maximum absolute atomic E-state index is 3.47. The van der Waals surface area contributed by atoms with Gasteiger partial charge in [0.1, 0.15) is 0 Å². The summed E-state index contributed by atoms with van der Waals surface area (Å²) in [5.74, 6) is 0.995. The largest absolute Gasteiger partial charge is 0.317 e. The number of fused-ring (bicyclic) bond motifs is 1. The topological polar surface area (TPSA) is 15.3 Å². The van der Waals surface area contributed by atoms with E-state index >= 15 is 0 Å². The Morgan fingerprint density at radius 1 is 1.18 bits per heavy atom. The maximum atomic E-state index is 3.47. The number of rotatable bonds is 0. The normalized spacial score (nSPS) is 40.1. The van der Waals surface area contributed by atoms with E-state index in [1.807, 2.05) is 0 Å². The molecule has 2 atom stereocenters. The summed E-state index contributed by atoms with van der Waals surface area (Å²) in [6.07, 6.45) is 4.19. The van der Waals surface area contributed by atoms with Gasteiger partial charge in [0.05, 0.1) is 0 Å². The second-order valence-corrected chi connectivity index (χ2v) is 3.92. The quantitative estimate of drug-likeness (QED) is 0.552. The van der Waals surface area contributed by atoms with Crippen molar-refractivity contribution in [2.24, 2.45) is 5.92 Å². The van der Waals surface area contributed by atoms with Gasteiger partial charge < -0.3 is 10.2 Å². The summed E-state index contributed by atoms with van der Waals surface area (Å²) in [4.78, 5) is 2.54. The van der Waals surface area contributed by atoms with Crippen LogP contribution in [0.2, 0.25) is 0 Å². The Kier molecular flexibility index (Phi) is 2.14. The number of hydrogen-bond acceptors (Lipinski definition) is 2. The second kappa shape index (κ2) is 3.11. The number of nitrogens with one attached hydrogen (secondary N) is 1. The average molecular weight is 154 g/mol. The molecule has 0 unspecified atom stereocenters. The molecule has 0 radical (unpaired) electrons. The Morgan fingerprint density at radius 3 is 2.91 bits per heavy atom. The van der Waals surface area contributed by atoms with Crippen LogP contribution < -0.4 is 5.32 Å². The lowest BCUT2D eigenvalue weighted by atomic mass is 9.96. The molecule has 2 saturated heterocycles. The van der Waals surface area contributed by atoms with Gasteiger partial charge in [-0.15, -0.1) is 0 Å². The van der Waals surface area contributed by atoms with Crippen molar-refractivity contribution in [1.82, 2.24) is 10.2 Å². The van der Waals surface area contributed by atoms with Crippen LogP contribution >= 0.6 is 0 Å². The van der Waals surface area contributed by atoms with Crippen LogP contribution in [-0.4, -0.2) is 37.6 Å². The summed E-state index contributed by atoms with van der Waals surface area (Å²) in [5.41, 5.74) is 0. The number of nitrogens with zero attached hydrogens (tertiary/aromatic N) is 1. The Hall–Kier alpha value is -0.0800.